The van der Waals surface area contributed by atoms with E-state index in [4.69, 9.17) is 0 Å². The van der Waals surface area contributed by atoms with Crippen molar-refractivity contribution in [3.63, 3.8) is 0 Å². The number of carboxylic acid groups (broad SMARTS) is 2. The smallest absolute Gasteiger partial charge is 0.326 e. The van der Waals surface area contributed by atoms with Crippen LogP contribution in [0.5, 0.6) is 0 Å². The highest BCUT2D eigenvalue weighted by molar-refractivity contribution is 7.99. The van der Waals surface area contributed by atoms with Gasteiger partial charge in [-0.2, -0.15) is 0 Å². The number of nitroso groups, excluding NO2 is 1. The first-order chi connectivity index (χ1) is 16.3. The summed E-state index contributed by atoms with van der Waals surface area (Å²) in [4.78, 5) is 50.1. The zero-order valence-corrected chi connectivity index (χ0v) is 19.5. The van der Waals surface area contributed by atoms with E-state index in [0.29, 0.717) is 30.4 Å². The number of aliphatic carboxylic acids is 2. The Morgan fingerprint density at radius 3 is 2.29 bits per heavy atom. The van der Waals surface area contributed by atoms with Crippen LogP contribution < -0.4 is 5.32 Å². The molecular weight excluding hydrogens is 458 g/mol. The van der Waals surface area contributed by atoms with Crippen LogP contribution in [-0.2, 0) is 25.6 Å². The Morgan fingerprint density at radius 1 is 1.12 bits per heavy atom. The quantitative estimate of drug-likeness (QED) is 0.326. The molecule has 1 aliphatic heterocycles. The van der Waals surface area contributed by atoms with Crippen molar-refractivity contribution in [1.82, 2.24) is 10.2 Å². The molecule has 0 aromatic heterocycles. The van der Waals surface area contributed by atoms with Gasteiger partial charge in [-0.15, -0.1) is 4.91 Å². The summed E-state index contributed by atoms with van der Waals surface area (Å²) in [6, 6.07) is 14.5. The van der Waals surface area contributed by atoms with Crippen molar-refractivity contribution < 1.29 is 24.6 Å². The van der Waals surface area contributed by atoms with Crippen molar-refractivity contribution in [2.75, 3.05) is 6.54 Å². The SMILES string of the molecule is CC(NC(C(=O)O)C(Cc1ccccc1)(SN=O)c1ccccc1)C(=O)N1CCCC1C(=O)O. The van der Waals surface area contributed by atoms with Gasteiger partial charge in [0.25, 0.3) is 0 Å². The molecule has 3 rings (SSSR count). The number of amides is 1. The van der Waals surface area contributed by atoms with E-state index < -0.39 is 40.7 Å². The summed E-state index contributed by atoms with van der Waals surface area (Å²) in [6.07, 6.45) is 1.06. The Morgan fingerprint density at radius 2 is 1.74 bits per heavy atom. The van der Waals surface area contributed by atoms with Gasteiger partial charge in [-0.3, -0.25) is 14.9 Å². The van der Waals surface area contributed by atoms with E-state index in [2.05, 4.69) is 9.90 Å². The third kappa shape index (κ3) is 5.45. The van der Waals surface area contributed by atoms with E-state index in [-0.39, 0.29) is 13.0 Å². The van der Waals surface area contributed by atoms with Crippen molar-refractivity contribution >= 4 is 29.8 Å². The van der Waals surface area contributed by atoms with Gasteiger partial charge in [0.1, 0.15) is 12.1 Å². The van der Waals surface area contributed by atoms with Crippen LogP contribution in [0.4, 0.5) is 0 Å². The fourth-order valence-corrected chi connectivity index (χ4v) is 5.34. The van der Waals surface area contributed by atoms with Gasteiger partial charge in [0, 0.05) is 23.1 Å². The van der Waals surface area contributed by atoms with Gasteiger partial charge >= 0.3 is 11.9 Å². The zero-order valence-electron chi connectivity index (χ0n) is 18.7. The first kappa shape index (κ1) is 25.4. The van der Waals surface area contributed by atoms with Crippen LogP contribution in [-0.4, -0.2) is 57.6 Å². The van der Waals surface area contributed by atoms with Gasteiger partial charge in [-0.05, 0) is 37.3 Å². The molecule has 4 atom stereocenters. The molecule has 2 aromatic carbocycles. The monoisotopic (exact) mass is 485 g/mol. The number of carboxylic acids is 2. The van der Waals surface area contributed by atoms with E-state index in [0.717, 1.165) is 5.56 Å². The fourth-order valence-electron chi connectivity index (χ4n) is 4.46. The fraction of sp³-hybridized carbons (Fsp3) is 0.375. The Labute approximate surface area is 201 Å². The minimum Gasteiger partial charge on any atom is -0.480 e. The first-order valence-corrected chi connectivity index (χ1v) is 11.7. The number of likely N-dealkylation sites (tertiary alicyclic amines) is 1. The molecule has 2 aromatic rings. The Hall–Kier alpha value is -3.24. The molecule has 180 valence electrons. The van der Waals surface area contributed by atoms with Gasteiger partial charge < -0.3 is 15.1 Å². The van der Waals surface area contributed by atoms with E-state index in [1.807, 2.05) is 30.3 Å². The standard InChI is InChI=1S/C24H27N3O6S/c1-16(21(28)27-14-8-13-19(27)22(29)30)25-20(23(31)32)24(34-26-33,18-11-6-3-7-12-18)15-17-9-4-2-5-10-17/h2-7,9-12,16,19-20,25H,8,13-15H2,1H3,(H,29,30)(H,31,32). The molecule has 0 aliphatic carbocycles. The van der Waals surface area contributed by atoms with Crippen LogP contribution in [0.25, 0.3) is 0 Å². The van der Waals surface area contributed by atoms with Crippen molar-refractivity contribution in [2.45, 2.75) is 49.1 Å². The molecule has 1 aliphatic rings. The first-order valence-electron chi connectivity index (χ1n) is 10.9. The van der Waals surface area contributed by atoms with Crippen molar-refractivity contribution in [2.24, 2.45) is 4.58 Å². The zero-order chi connectivity index (χ0) is 24.7. The molecule has 1 heterocycles. The second-order valence-electron chi connectivity index (χ2n) is 8.27. The summed E-state index contributed by atoms with van der Waals surface area (Å²) >= 11 is 0.607. The summed E-state index contributed by atoms with van der Waals surface area (Å²) < 4.78 is 1.67. The second kappa shape index (κ2) is 11.3. The summed E-state index contributed by atoms with van der Waals surface area (Å²) in [5.74, 6) is -2.84. The Balaban J connectivity index is 2.00. The van der Waals surface area contributed by atoms with Gasteiger partial charge in [0.05, 0.1) is 10.8 Å². The summed E-state index contributed by atoms with van der Waals surface area (Å²) in [7, 11) is 0. The Kier molecular flexibility index (Phi) is 8.41. The minimum absolute atomic E-state index is 0.153. The number of carbonyl (C=O) groups is 3. The molecule has 3 N–H and O–H groups in total. The van der Waals surface area contributed by atoms with E-state index in [1.165, 1.54) is 11.8 Å². The van der Waals surface area contributed by atoms with Crippen LogP contribution in [0.15, 0.2) is 65.2 Å². The maximum absolute atomic E-state index is 13.1. The molecule has 4 unspecified atom stereocenters. The number of nitrogens with one attached hydrogen (secondary N) is 1. The maximum atomic E-state index is 13.1. The predicted octanol–water partition coefficient (Wildman–Crippen LogP) is 3.05. The lowest BCUT2D eigenvalue weighted by atomic mass is 9.84. The highest BCUT2D eigenvalue weighted by Crippen LogP contribution is 2.44. The van der Waals surface area contributed by atoms with Gasteiger partial charge in [0.15, 0.2) is 0 Å². The number of benzene rings is 2. The average molecular weight is 486 g/mol. The van der Waals surface area contributed by atoms with Crippen molar-refractivity contribution in [3.05, 3.63) is 76.7 Å². The predicted molar refractivity (Wildman–Crippen MR) is 128 cm³/mol. The Bertz CT molecular complexity index is 1020. The second-order valence-corrected chi connectivity index (χ2v) is 9.33. The molecule has 0 saturated carbocycles. The van der Waals surface area contributed by atoms with E-state index >= 15 is 0 Å². The largest absolute Gasteiger partial charge is 0.480 e. The molecule has 1 saturated heterocycles. The van der Waals surface area contributed by atoms with Crippen LogP contribution in [0.1, 0.15) is 30.9 Å². The number of carbonyl (C=O) groups excluding carboxylic acids is 1. The minimum atomic E-state index is -1.39. The summed E-state index contributed by atoms with van der Waals surface area (Å²) in [5.41, 5.74) is 1.35. The highest BCUT2D eigenvalue weighted by Gasteiger charge is 2.48. The van der Waals surface area contributed by atoms with E-state index in [1.54, 1.807) is 30.3 Å². The molecule has 0 bridgehead atoms. The molecule has 0 radical (unpaired) electrons. The average Bonchev–Trinajstić information content (AvgIpc) is 3.33. The summed E-state index contributed by atoms with van der Waals surface area (Å²) in [5, 5.41) is 22.6. The third-order valence-corrected chi connectivity index (χ3v) is 7.11. The third-order valence-electron chi connectivity index (χ3n) is 6.09. The van der Waals surface area contributed by atoms with Crippen LogP contribution in [0, 0.1) is 4.91 Å². The van der Waals surface area contributed by atoms with Crippen LogP contribution >= 0.6 is 11.9 Å². The maximum Gasteiger partial charge on any atom is 0.326 e. The number of rotatable bonds is 11. The number of hydrogen-bond donors (Lipinski definition) is 3. The van der Waals surface area contributed by atoms with Crippen molar-refractivity contribution in [1.29, 1.82) is 0 Å². The molecular formula is C24H27N3O6S. The summed E-state index contributed by atoms with van der Waals surface area (Å²) in [6.45, 7) is 1.80. The highest BCUT2D eigenvalue weighted by atomic mass is 32.2. The van der Waals surface area contributed by atoms with Gasteiger partial charge in [-0.1, -0.05) is 60.7 Å². The van der Waals surface area contributed by atoms with Crippen LogP contribution in [0.3, 0.4) is 0 Å². The normalized spacial score (nSPS) is 19.1. The van der Waals surface area contributed by atoms with Gasteiger partial charge in [0.2, 0.25) is 5.91 Å². The lowest BCUT2D eigenvalue weighted by Crippen LogP contribution is -2.59. The topological polar surface area (TPSA) is 136 Å². The van der Waals surface area contributed by atoms with E-state index in [9.17, 15) is 29.5 Å². The van der Waals surface area contributed by atoms with Crippen LogP contribution in [0.2, 0.25) is 0 Å². The lowest BCUT2D eigenvalue weighted by molar-refractivity contribution is -0.149. The lowest BCUT2D eigenvalue weighted by Gasteiger charge is -2.38. The van der Waals surface area contributed by atoms with Crippen molar-refractivity contribution in [3.8, 4) is 0 Å². The molecule has 1 amide bonds. The number of hydrogen-bond acceptors (Lipinski definition) is 7. The molecule has 9 nitrogen and oxygen atoms in total. The number of nitrogens with zero attached hydrogens (tertiary/aromatic N) is 2. The molecule has 10 heteroatoms. The molecule has 0 spiro atoms. The molecule has 34 heavy (non-hydrogen) atoms. The van der Waals surface area contributed by atoms with Gasteiger partial charge in [-0.25, -0.2) is 4.79 Å². The molecule has 1 fully saturated rings.